The molecule has 0 saturated heterocycles. The van der Waals surface area contributed by atoms with Crippen LogP contribution in [0.15, 0.2) is 11.8 Å². The van der Waals surface area contributed by atoms with E-state index in [0.717, 1.165) is 6.08 Å². The molecule has 10 heavy (non-hydrogen) atoms. The SMILES string of the molecule is CC(=O)NC(C)=CC(N)=O. The van der Waals surface area contributed by atoms with Gasteiger partial charge in [-0.2, -0.15) is 0 Å². The summed E-state index contributed by atoms with van der Waals surface area (Å²) in [5, 5.41) is 2.40. The van der Waals surface area contributed by atoms with Crippen LogP contribution in [-0.2, 0) is 9.59 Å². The molecule has 0 aliphatic rings. The first-order valence-electron chi connectivity index (χ1n) is 2.77. The van der Waals surface area contributed by atoms with E-state index in [1.54, 1.807) is 6.92 Å². The van der Waals surface area contributed by atoms with Gasteiger partial charge in [0.15, 0.2) is 0 Å². The molecule has 0 bridgehead atoms. The molecule has 0 rings (SSSR count). The molecule has 4 heteroatoms. The number of nitrogens with two attached hydrogens (primary N) is 1. The molecule has 0 aromatic heterocycles. The van der Waals surface area contributed by atoms with Crippen molar-refractivity contribution in [3.8, 4) is 0 Å². The topological polar surface area (TPSA) is 72.2 Å². The first kappa shape index (κ1) is 8.68. The first-order valence-corrected chi connectivity index (χ1v) is 2.77. The van der Waals surface area contributed by atoms with Crippen molar-refractivity contribution in [1.82, 2.24) is 5.32 Å². The molecule has 0 fully saturated rings. The van der Waals surface area contributed by atoms with Crippen LogP contribution in [0.1, 0.15) is 13.8 Å². The Kier molecular flexibility index (Phi) is 3.17. The van der Waals surface area contributed by atoms with Crippen molar-refractivity contribution in [3.63, 3.8) is 0 Å². The Hall–Kier alpha value is -1.32. The van der Waals surface area contributed by atoms with E-state index in [4.69, 9.17) is 5.73 Å². The number of hydrogen-bond acceptors (Lipinski definition) is 2. The van der Waals surface area contributed by atoms with E-state index in [0.29, 0.717) is 5.70 Å². The lowest BCUT2D eigenvalue weighted by molar-refractivity contribution is -0.118. The van der Waals surface area contributed by atoms with Crippen molar-refractivity contribution < 1.29 is 9.59 Å². The minimum absolute atomic E-state index is 0.213. The number of carbonyl (C=O) groups is 2. The third kappa shape index (κ3) is 4.83. The zero-order valence-electron chi connectivity index (χ0n) is 5.97. The molecule has 0 radical (unpaired) electrons. The molecule has 0 heterocycles. The molecule has 0 aromatic carbocycles. The van der Waals surface area contributed by atoms with E-state index in [2.05, 4.69) is 5.32 Å². The summed E-state index contributed by atoms with van der Waals surface area (Å²) in [4.78, 5) is 20.5. The highest BCUT2D eigenvalue weighted by atomic mass is 16.2. The van der Waals surface area contributed by atoms with Crippen LogP contribution >= 0.6 is 0 Å². The largest absolute Gasteiger partial charge is 0.366 e. The highest BCUT2D eigenvalue weighted by molar-refractivity contribution is 5.87. The second-order valence-electron chi connectivity index (χ2n) is 1.91. The molecule has 3 N–H and O–H groups in total. The standard InChI is InChI=1S/C6H10N2O2/c1-4(3-6(7)10)8-5(2)9/h3H,1-2H3,(H2,7,10)(H,8,9). The Balaban J connectivity index is 3.95. The molecule has 0 aliphatic carbocycles. The number of rotatable bonds is 2. The smallest absolute Gasteiger partial charge is 0.243 e. The van der Waals surface area contributed by atoms with Crippen molar-refractivity contribution >= 4 is 11.8 Å². The minimum atomic E-state index is -0.564. The average Bonchev–Trinajstić information content (AvgIpc) is 1.58. The van der Waals surface area contributed by atoms with Gasteiger partial charge in [0, 0.05) is 18.7 Å². The fourth-order valence-corrected chi connectivity index (χ4v) is 0.527. The Morgan fingerprint density at radius 1 is 1.40 bits per heavy atom. The van der Waals surface area contributed by atoms with Gasteiger partial charge in [-0.3, -0.25) is 9.59 Å². The number of allylic oxidation sites excluding steroid dienone is 1. The van der Waals surface area contributed by atoms with E-state index in [1.165, 1.54) is 6.92 Å². The lowest BCUT2D eigenvalue weighted by Gasteiger charge is -1.97. The van der Waals surface area contributed by atoms with Crippen molar-refractivity contribution in [2.24, 2.45) is 5.73 Å². The Bertz CT molecular complexity index is 184. The van der Waals surface area contributed by atoms with E-state index in [9.17, 15) is 9.59 Å². The van der Waals surface area contributed by atoms with Gasteiger partial charge < -0.3 is 11.1 Å². The van der Waals surface area contributed by atoms with Crippen LogP contribution in [0.3, 0.4) is 0 Å². The maximum absolute atomic E-state index is 10.3. The summed E-state index contributed by atoms with van der Waals surface area (Å²) >= 11 is 0. The zero-order chi connectivity index (χ0) is 8.15. The average molecular weight is 142 g/mol. The number of carbonyl (C=O) groups excluding carboxylic acids is 2. The van der Waals surface area contributed by atoms with Crippen molar-refractivity contribution in [3.05, 3.63) is 11.8 Å². The zero-order valence-corrected chi connectivity index (χ0v) is 5.97. The summed E-state index contributed by atoms with van der Waals surface area (Å²) in [5.74, 6) is -0.777. The first-order chi connectivity index (χ1) is 4.52. The molecule has 0 saturated carbocycles. The molecular weight excluding hydrogens is 132 g/mol. The van der Waals surface area contributed by atoms with Gasteiger partial charge in [-0.15, -0.1) is 0 Å². The van der Waals surface area contributed by atoms with Gasteiger partial charge in [0.05, 0.1) is 0 Å². The van der Waals surface area contributed by atoms with Crippen LogP contribution in [0, 0.1) is 0 Å². The lowest BCUT2D eigenvalue weighted by Crippen LogP contribution is -2.19. The molecule has 0 spiro atoms. The second kappa shape index (κ2) is 3.66. The Morgan fingerprint density at radius 2 is 1.90 bits per heavy atom. The van der Waals surface area contributed by atoms with Crippen LogP contribution in [0.5, 0.6) is 0 Å². The molecule has 0 unspecified atom stereocenters. The van der Waals surface area contributed by atoms with Crippen molar-refractivity contribution in [1.29, 1.82) is 0 Å². The van der Waals surface area contributed by atoms with Crippen LogP contribution in [0.25, 0.3) is 0 Å². The van der Waals surface area contributed by atoms with Crippen molar-refractivity contribution in [2.45, 2.75) is 13.8 Å². The molecule has 2 amide bonds. The van der Waals surface area contributed by atoms with Crippen molar-refractivity contribution in [2.75, 3.05) is 0 Å². The fraction of sp³-hybridized carbons (Fsp3) is 0.333. The highest BCUT2D eigenvalue weighted by Crippen LogP contribution is 1.83. The summed E-state index contributed by atoms with van der Waals surface area (Å²) in [7, 11) is 0. The van der Waals surface area contributed by atoms with Gasteiger partial charge in [-0.1, -0.05) is 0 Å². The Labute approximate surface area is 59.1 Å². The molecule has 4 nitrogen and oxygen atoms in total. The van der Waals surface area contributed by atoms with Crippen LogP contribution in [0.2, 0.25) is 0 Å². The number of amides is 2. The van der Waals surface area contributed by atoms with Crippen LogP contribution in [0.4, 0.5) is 0 Å². The fourth-order valence-electron chi connectivity index (χ4n) is 0.527. The van der Waals surface area contributed by atoms with Crippen LogP contribution < -0.4 is 11.1 Å². The van der Waals surface area contributed by atoms with Gasteiger partial charge in [-0.25, -0.2) is 0 Å². The molecule has 0 atom stereocenters. The van der Waals surface area contributed by atoms with Gasteiger partial charge in [0.2, 0.25) is 11.8 Å². The van der Waals surface area contributed by atoms with Gasteiger partial charge in [0.25, 0.3) is 0 Å². The maximum Gasteiger partial charge on any atom is 0.243 e. The third-order valence-electron chi connectivity index (χ3n) is 0.732. The third-order valence-corrected chi connectivity index (χ3v) is 0.732. The van der Waals surface area contributed by atoms with E-state index in [-0.39, 0.29) is 5.91 Å². The molecular formula is C6H10N2O2. The summed E-state index contributed by atoms with van der Waals surface area (Å²) in [6, 6.07) is 0. The summed E-state index contributed by atoms with van der Waals surface area (Å²) in [5.41, 5.74) is 5.26. The lowest BCUT2D eigenvalue weighted by atomic mass is 10.4. The van der Waals surface area contributed by atoms with E-state index >= 15 is 0 Å². The van der Waals surface area contributed by atoms with E-state index in [1.807, 2.05) is 0 Å². The quantitative estimate of drug-likeness (QED) is 0.511. The normalized spacial score (nSPS) is 10.8. The number of nitrogens with one attached hydrogen (secondary N) is 1. The maximum atomic E-state index is 10.3. The summed E-state index contributed by atoms with van der Waals surface area (Å²) < 4.78 is 0. The van der Waals surface area contributed by atoms with Gasteiger partial charge >= 0.3 is 0 Å². The molecule has 0 aliphatic heterocycles. The second-order valence-corrected chi connectivity index (χ2v) is 1.91. The minimum Gasteiger partial charge on any atom is -0.366 e. The summed E-state index contributed by atoms with van der Waals surface area (Å²) in [6.07, 6.45) is 1.15. The predicted octanol–water partition coefficient (Wildman–Crippen LogP) is -0.488. The Morgan fingerprint density at radius 3 is 2.20 bits per heavy atom. The number of primary amides is 1. The van der Waals surface area contributed by atoms with Crippen LogP contribution in [-0.4, -0.2) is 11.8 Å². The van der Waals surface area contributed by atoms with E-state index < -0.39 is 5.91 Å². The van der Waals surface area contributed by atoms with Gasteiger partial charge in [-0.05, 0) is 6.92 Å². The predicted molar refractivity (Wildman–Crippen MR) is 36.8 cm³/mol. The molecule has 56 valence electrons. The number of hydrogen-bond donors (Lipinski definition) is 2. The highest BCUT2D eigenvalue weighted by Gasteiger charge is 1.93. The monoisotopic (exact) mass is 142 g/mol. The van der Waals surface area contributed by atoms with Gasteiger partial charge in [0.1, 0.15) is 0 Å². The molecule has 0 aromatic rings. The summed E-state index contributed by atoms with van der Waals surface area (Å²) in [6.45, 7) is 2.95.